The van der Waals surface area contributed by atoms with Crippen molar-refractivity contribution >= 4 is 35.5 Å². The fourth-order valence-corrected chi connectivity index (χ4v) is 3.81. The minimum absolute atomic E-state index is 0.0770. The molecule has 2 heterocycles. The van der Waals surface area contributed by atoms with E-state index in [1.54, 1.807) is 12.1 Å². The molecule has 7 heteroatoms. The van der Waals surface area contributed by atoms with Gasteiger partial charge in [0.15, 0.2) is 0 Å². The van der Waals surface area contributed by atoms with Crippen LogP contribution in [0, 0.1) is 13.8 Å². The molecule has 0 bridgehead atoms. The molecule has 1 saturated heterocycles. The van der Waals surface area contributed by atoms with Crippen LogP contribution in [0.25, 0.3) is 11.8 Å². The van der Waals surface area contributed by atoms with Crippen LogP contribution in [0.5, 0.6) is 0 Å². The number of amides is 4. The third-order valence-corrected chi connectivity index (χ3v) is 5.48. The Hall–Kier alpha value is -3.64. The van der Waals surface area contributed by atoms with E-state index in [4.69, 9.17) is 11.6 Å². The Labute approximate surface area is 184 Å². The van der Waals surface area contributed by atoms with E-state index in [0.29, 0.717) is 5.02 Å². The van der Waals surface area contributed by atoms with Gasteiger partial charge in [-0.25, -0.2) is 4.79 Å². The van der Waals surface area contributed by atoms with E-state index < -0.39 is 17.8 Å². The molecule has 3 aromatic rings. The van der Waals surface area contributed by atoms with Gasteiger partial charge in [-0.1, -0.05) is 41.9 Å². The predicted octanol–water partition coefficient (Wildman–Crippen LogP) is 4.41. The lowest BCUT2D eigenvalue weighted by Crippen LogP contribution is -2.53. The molecule has 0 radical (unpaired) electrons. The Balaban J connectivity index is 1.69. The van der Waals surface area contributed by atoms with Crippen LogP contribution in [0.3, 0.4) is 0 Å². The largest absolute Gasteiger partial charge is 0.331 e. The zero-order valence-electron chi connectivity index (χ0n) is 17.1. The van der Waals surface area contributed by atoms with Gasteiger partial charge in [0.1, 0.15) is 5.57 Å². The number of carbonyl (C=O) groups excluding carboxylic acids is 3. The highest BCUT2D eigenvalue weighted by molar-refractivity contribution is 6.31. The van der Waals surface area contributed by atoms with E-state index in [0.717, 1.165) is 33.1 Å². The third kappa shape index (κ3) is 4.02. The van der Waals surface area contributed by atoms with E-state index in [9.17, 15) is 14.4 Å². The molecule has 0 spiro atoms. The molecule has 0 unspecified atom stereocenters. The topological polar surface area (TPSA) is 71.4 Å². The molecule has 1 N–H and O–H groups in total. The minimum atomic E-state index is -0.720. The standard InChI is InChI=1S/C24H20ClN3O3/c1-15-12-18(16(2)28(15)20-10-8-19(25)9-11-20)13-21-22(29)26-24(31)27(23(21)30)14-17-6-4-3-5-7-17/h3-13H,14H2,1-2H3,(H,26,29,31)/b21-13-. The van der Waals surface area contributed by atoms with Gasteiger partial charge in [-0.05, 0) is 61.4 Å². The first-order valence-corrected chi connectivity index (χ1v) is 10.1. The number of halogens is 1. The van der Waals surface area contributed by atoms with Crippen LogP contribution >= 0.6 is 11.6 Å². The van der Waals surface area contributed by atoms with E-state index >= 15 is 0 Å². The summed E-state index contributed by atoms with van der Waals surface area (Å²) in [6.07, 6.45) is 1.54. The van der Waals surface area contributed by atoms with Crippen molar-refractivity contribution in [2.75, 3.05) is 0 Å². The molecule has 4 amide bonds. The fraction of sp³-hybridized carbons (Fsp3) is 0.125. The summed E-state index contributed by atoms with van der Waals surface area (Å²) < 4.78 is 2.01. The second-order valence-electron chi connectivity index (χ2n) is 7.33. The molecule has 156 valence electrons. The van der Waals surface area contributed by atoms with Crippen molar-refractivity contribution in [1.82, 2.24) is 14.8 Å². The number of benzene rings is 2. The summed E-state index contributed by atoms with van der Waals surface area (Å²) in [6, 6.07) is 17.7. The first-order chi connectivity index (χ1) is 14.8. The number of urea groups is 1. The summed E-state index contributed by atoms with van der Waals surface area (Å²) in [4.78, 5) is 38.8. The van der Waals surface area contributed by atoms with E-state index in [1.165, 1.54) is 6.08 Å². The van der Waals surface area contributed by atoms with Crippen LogP contribution in [0.4, 0.5) is 4.79 Å². The number of barbiturate groups is 1. The summed E-state index contributed by atoms with van der Waals surface area (Å²) >= 11 is 6.00. The highest BCUT2D eigenvalue weighted by Crippen LogP contribution is 2.25. The molecular formula is C24H20ClN3O3. The van der Waals surface area contributed by atoms with Gasteiger partial charge in [-0.3, -0.25) is 19.8 Å². The van der Waals surface area contributed by atoms with Crippen molar-refractivity contribution in [1.29, 1.82) is 0 Å². The van der Waals surface area contributed by atoms with Gasteiger partial charge < -0.3 is 4.57 Å². The fourth-order valence-electron chi connectivity index (χ4n) is 3.68. The lowest BCUT2D eigenvalue weighted by Gasteiger charge is -2.26. The third-order valence-electron chi connectivity index (χ3n) is 5.22. The summed E-state index contributed by atoms with van der Waals surface area (Å²) in [5, 5.41) is 2.91. The summed E-state index contributed by atoms with van der Waals surface area (Å²) in [5.41, 5.74) is 4.16. The SMILES string of the molecule is Cc1cc(/C=C2/C(=O)NC(=O)N(Cc3ccccc3)C2=O)c(C)n1-c1ccc(Cl)cc1. The van der Waals surface area contributed by atoms with Crippen LogP contribution in [0.1, 0.15) is 22.5 Å². The van der Waals surface area contributed by atoms with Crippen LogP contribution in [-0.2, 0) is 16.1 Å². The maximum absolute atomic E-state index is 13.0. The first kappa shape index (κ1) is 20.6. The monoisotopic (exact) mass is 433 g/mol. The number of aryl methyl sites for hydroxylation is 1. The number of rotatable bonds is 4. The van der Waals surface area contributed by atoms with Gasteiger partial charge in [-0.15, -0.1) is 0 Å². The number of nitrogens with zero attached hydrogens (tertiary/aromatic N) is 2. The highest BCUT2D eigenvalue weighted by atomic mass is 35.5. The van der Waals surface area contributed by atoms with Crippen molar-refractivity contribution in [3.05, 3.63) is 93.8 Å². The quantitative estimate of drug-likeness (QED) is 0.489. The van der Waals surface area contributed by atoms with Gasteiger partial charge in [-0.2, -0.15) is 0 Å². The number of imide groups is 2. The molecule has 31 heavy (non-hydrogen) atoms. The summed E-state index contributed by atoms with van der Waals surface area (Å²) in [5.74, 6) is -1.32. The Morgan fingerprint density at radius 3 is 2.32 bits per heavy atom. The maximum atomic E-state index is 13.0. The molecule has 0 aliphatic carbocycles. The molecule has 1 fully saturated rings. The normalized spacial score (nSPS) is 15.5. The average Bonchev–Trinajstić information content (AvgIpc) is 3.03. The Kier molecular flexibility index (Phi) is 5.48. The van der Waals surface area contributed by atoms with Crippen molar-refractivity contribution < 1.29 is 14.4 Å². The minimum Gasteiger partial charge on any atom is -0.318 e. The molecule has 2 aromatic carbocycles. The van der Waals surface area contributed by atoms with Gasteiger partial charge in [0.05, 0.1) is 6.54 Å². The summed E-state index contributed by atoms with van der Waals surface area (Å²) in [6.45, 7) is 3.93. The van der Waals surface area contributed by atoms with Crippen molar-refractivity contribution in [2.24, 2.45) is 0 Å². The van der Waals surface area contributed by atoms with E-state index in [2.05, 4.69) is 5.32 Å². The van der Waals surface area contributed by atoms with Crippen molar-refractivity contribution in [3.63, 3.8) is 0 Å². The van der Waals surface area contributed by atoms with Gasteiger partial charge >= 0.3 is 6.03 Å². The second kappa shape index (κ2) is 8.24. The first-order valence-electron chi connectivity index (χ1n) is 9.73. The van der Waals surface area contributed by atoms with Crippen LogP contribution in [0.15, 0.2) is 66.2 Å². The van der Waals surface area contributed by atoms with E-state index in [1.807, 2.05) is 66.9 Å². The van der Waals surface area contributed by atoms with Crippen LogP contribution < -0.4 is 5.32 Å². The highest BCUT2D eigenvalue weighted by Gasteiger charge is 2.35. The lowest BCUT2D eigenvalue weighted by atomic mass is 10.1. The molecular weight excluding hydrogens is 414 g/mol. The number of hydrogen-bond donors (Lipinski definition) is 1. The van der Waals surface area contributed by atoms with Gasteiger partial charge in [0.2, 0.25) is 0 Å². The number of aromatic nitrogens is 1. The average molecular weight is 434 g/mol. The number of carbonyl (C=O) groups is 3. The Morgan fingerprint density at radius 1 is 0.968 bits per heavy atom. The number of nitrogens with one attached hydrogen (secondary N) is 1. The van der Waals surface area contributed by atoms with Gasteiger partial charge in [0, 0.05) is 22.1 Å². The molecule has 4 rings (SSSR count). The Morgan fingerprint density at radius 2 is 1.65 bits per heavy atom. The molecule has 6 nitrogen and oxygen atoms in total. The smallest absolute Gasteiger partial charge is 0.318 e. The van der Waals surface area contributed by atoms with Crippen molar-refractivity contribution in [2.45, 2.75) is 20.4 Å². The number of hydrogen-bond acceptors (Lipinski definition) is 3. The predicted molar refractivity (Wildman–Crippen MR) is 119 cm³/mol. The lowest BCUT2D eigenvalue weighted by molar-refractivity contribution is -0.130. The van der Waals surface area contributed by atoms with Crippen LogP contribution in [0.2, 0.25) is 5.02 Å². The van der Waals surface area contributed by atoms with Crippen molar-refractivity contribution in [3.8, 4) is 5.69 Å². The zero-order chi connectivity index (χ0) is 22.1. The molecule has 1 aromatic heterocycles. The molecule has 0 atom stereocenters. The zero-order valence-corrected chi connectivity index (χ0v) is 17.8. The summed E-state index contributed by atoms with van der Waals surface area (Å²) in [7, 11) is 0. The molecule has 0 saturated carbocycles. The second-order valence-corrected chi connectivity index (χ2v) is 7.77. The maximum Gasteiger partial charge on any atom is 0.331 e. The van der Waals surface area contributed by atoms with Gasteiger partial charge in [0.25, 0.3) is 11.8 Å². The Bertz CT molecular complexity index is 1210. The van der Waals surface area contributed by atoms with E-state index in [-0.39, 0.29) is 12.1 Å². The molecule has 1 aliphatic heterocycles. The molecule has 1 aliphatic rings. The van der Waals surface area contributed by atoms with Crippen LogP contribution in [-0.4, -0.2) is 27.3 Å².